The van der Waals surface area contributed by atoms with E-state index in [1.807, 2.05) is 0 Å². The Morgan fingerprint density at radius 1 is 1.25 bits per heavy atom. The topological polar surface area (TPSA) is 38.1 Å². The molecule has 3 heteroatoms. The Morgan fingerprint density at radius 3 is 2.62 bits per heavy atom. The van der Waals surface area contributed by atoms with Crippen molar-refractivity contribution in [3.8, 4) is 11.3 Å². The van der Waals surface area contributed by atoms with Crippen molar-refractivity contribution in [2.24, 2.45) is 0 Å². The molecule has 0 bridgehead atoms. The van der Waals surface area contributed by atoms with Crippen LogP contribution in [-0.2, 0) is 0 Å². The molecule has 3 rings (SSSR count). The van der Waals surface area contributed by atoms with E-state index in [0.29, 0.717) is 5.92 Å². The van der Waals surface area contributed by atoms with E-state index in [9.17, 15) is 0 Å². The third-order valence-electron chi connectivity index (χ3n) is 3.00. The fraction of sp³-hybridized carbons (Fsp3) is 0.308. The van der Waals surface area contributed by atoms with Crippen molar-refractivity contribution in [2.45, 2.75) is 12.8 Å². The molecule has 1 fully saturated rings. The molecule has 1 N–H and O–H groups in total. The Balaban J connectivity index is 1.88. The molecule has 3 nitrogen and oxygen atoms in total. The minimum absolute atomic E-state index is 0.458. The first-order valence-electron chi connectivity index (χ1n) is 5.56. The van der Waals surface area contributed by atoms with E-state index >= 15 is 0 Å². The molecule has 1 aliphatic rings. The summed E-state index contributed by atoms with van der Waals surface area (Å²) in [6.07, 6.45) is 1.75. The van der Waals surface area contributed by atoms with Crippen molar-refractivity contribution in [3.63, 3.8) is 0 Å². The molecule has 1 aromatic carbocycles. The summed E-state index contributed by atoms with van der Waals surface area (Å²) in [5, 5.41) is 3.22. The van der Waals surface area contributed by atoms with E-state index in [1.54, 1.807) is 6.26 Å². The smallest absolute Gasteiger partial charge is 0.200 e. The average Bonchev–Trinajstić information content (AvgIpc) is 2.65. The highest BCUT2D eigenvalue weighted by atomic mass is 16.3. The first-order chi connectivity index (χ1) is 7.83. The van der Waals surface area contributed by atoms with Crippen LogP contribution in [-0.4, -0.2) is 18.1 Å². The van der Waals surface area contributed by atoms with Crippen molar-refractivity contribution in [1.29, 1.82) is 0 Å². The molecule has 2 heterocycles. The second kappa shape index (κ2) is 3.76. The lowest BCUT2D eigenvalue weighted by Gasteiger charge is -2.23. The minimum Gasteiger partial charge on any atom is -0.448 e. The number of benzene rings is 1. The second-order valence-electron chi connectivity index (χ2n) is 4.29. The van der Waals surface area contributed by atoms with Crippen LogP contribution in [0.5, 0.6) is 0 Å². The van der Waals surface area contributed by atoms with E-state index in [1.165, 1.54) is 5.56 Å². The number of hydrogen-bond acceptors (Lipinski definition) is 3. The van der Waals surface area contributed by atoms with Crippen LogP contribution in [0.15, 0.2) is 34.9 Å². The third kappa shape index (κ3) is 1.63. The van der Waals surface area contributed by atoms with Gasteiger partial charge in [-0.15, -0.1) is 0 Å². The Kier molecular flexibility index (Phi) is 2.26. The molecule has 16 heavy (non-hydrogen) atoms. The quantitative estimate of drug-likeness (QED) is 0.833. The Morgan fingerprint density at radius 2 is 2.00 bits per heavy atom. The van der Waals surface area contributed by atoms with Gasteiger partial charge >= 0.3 is 0 Å². The largest absolute Gasteiger partial charge is 0.448 e. The molecule has 0 atom stereocenters. The zero-order chi connectivity index (χ0) is 11.0. The lowest BCUT2D eigenvalue weighted by Crippen LogP contribution is -2.40. The standard InChI is InChI=1S/C13H14N2O/c1-9-2-4-10(5-3-9)12-8-16-13(15-12)11-6-14-7-11/h2-5,8,11,14H,6-7H2,1H3. The maximum absolute atomic E-state index is 5.50. The maximum atomic E-state index is 5.50. The van der Waals surface area contributed by atoms with Gasteiger partial charge < -0.3 is 9.73 Å². The lowest BCUT2D eigenvalue weighted by molar-refractivity contribution is 0.357. The summed E-state index contributed by atoms with van der Waals surface area (Å²) in [5.74, 6) is 1.31. The summed E-state index contributed by atoms with van der Waals surface area (Å²) in [5.41, 5.74) is 3.31. The Labute approximate surface area is 94.5 Å². The first-order valence-corrected chi connectivity index (χ1v) is 5.56. The van der Waals surface area contributed by atoms with Crippen molar-refractivity contribution in [1.82, 2.24) is 10.3 Å². The fourth-order valence-corrected chi connectivity index (χ4v) is 1.80. The third-order valence-corrected chi connectivity index (χ3v) is 3.00. The average molecular weight is 214 g/mol. The molecular weight excluding hydrogens is 200 g/mol. The Hall–Kier alpha value is -1.61. The highest BCUT2D eigenvalue weighted by Gasteiger charge is 2.23. The molecule has 0 radical (unpaired) electrons. The summed E-state index contributed by atoms with van der Waals surface area (Å²) in [4.78, 5) is 4.53. The predicted octanol–water partition coefficient (Wildman–Crippen LogP) is 2.34. The predicted molar refractivity (Wildman–Crippen MR) is 62.3 cm³/mol. The van der Waals surface area contributed by atoms with Gasteiger partial charge in [0.15, 0.2) is 5.89 Å². The van der Waals surface area contributed by atoms with Crippen LogP contribution < -0.4 is 5.32 Å². The van der Waals surface area contributed by atoms with Gasteiger partial charge in [-0.2, -0.15) is 0 Å². The van der Waals surface area contributed by atoms with Crippen LogP contribution in [0.2, 0.25) is 0 Å². The fourth-order valence-electron chi connectivity index (χ4n) is 1.80. The molecule has 0 aliphatic carbocycles. The van der Waals surface area contributed by atoms with Crippen LogP contribution in [0.25, 0.3) is 11.3 Å². The molecular formula is C13H14N2O. The van der Waals surface area contributed by atoms with Crippen LogP contribution in [0, 0.1) is 6.92 Å². The molecule has 1 aromatic heterocycles. The molecule has 0 unspecified atom stereocenters. The number of aromatic nitrogens is 1. The van der Waals surface area contributed by atoms with Gasteiger partial charge in [-0.05, 0) is 6.92 Å². The van der Waals surface area contributed by atoms with E-state index in [2.05, 4.69) is 41.5 Å². The number of nitrogens with zero attached hydrogens (tertiary/aromatic N) is 1. The first kappa shape index (κ1) is 9.60. The SMILES string of the molecule is Cc1ccc(-c2coc(C3CNC3)n2)cc1. The molecule has 0 saturated carbocycles. The highest BCUT2D eigenvalue weighted by Crippen LogP contribution is 2.24. The van der Waals surface area contributed by atoms with Crippen LogP contribution in [0.3, 0.4) is 0 Å². The molecule has 1 aliphatic heterocycles. The van der Waals surface area contributed by atoms with Gasteiger partial charge in [-0.3, -0.25) is 0 Å². The second-order valence-corrected chi connectivity index (χ2v) is 4.29. The van der Waals surface area contributed by atoms with Crippen molar-refractivity contribution < 1.29 is 4.42 Å². The number of rotatable bonds is 2. The monoisotopic (exact) mass is 214 g/mol. The van der Waals surface area contributed by atoms with E-state index in [0.717, 1.165) is 30.2 Å². The summed E-state index contributed by atoms with van der Waals surface area (Å²) in [6.45, 7) is 4.04. The minimum atomic E-state index is 0.458. The highest BCUT2D eigenvalue weighted by molar-refractivity contribution is 5.58. The zero-order valence-corrected chi connectivity index (χ0v) is 9.23. The van der Waals surface area contributed by atoms with Gasteiger partial charge in [0.25, 0.3) is 0 Å². The number of hydrogen-bond donors (Lipinski definition) is 1. The molecule has 0 spiro atoms. The van der Waals surface area contributed by atoms with Crippen LogP contribution in [0.4, 0.5) is 0 Å². The van der Waals surface area contributed by atoms with E-state index < -0.39 is 0 Å². The van der Waals surface area contributed by atoms with Crippen molar-refractivity contribution >= 4 is 0 Å². The van der Waals surface area contributed by atoms with Gasteiger partial charge in [0.05, 0.1) is 5.92 Å². The van der Waals surface area contributed by atoms with E-state index in [-0.39, 0.29) is 0 Å². The molecule has 2 aromatic rings. The van der Waals surface area contributed by atoms with Crippen molar-refractivity contribution in [3.05, 3.63) is 42.0 Å². The summed E-state index contributed by atoms with van der Waals surface area (Å²) >= 11 is 0. The van der Waals surface area contributed by atoms with E-state index in [4.69, 9.17) is 4.42 Å². The number of oxazole rings is 1. The molecule has 0 amide bonds. The summed E-state index contributed by atoms with van der Waals surface area (Å²) < 4.78 is 5.50. The van der Waals surface area contributed by atoms with Gasteiger partial charge in [0.1, 0.15) is 12.0 Å². The van der Waals surface area contributed by atoms with Crippen LogP contribution in [0.1, 0.15) is 17.4 Å². The van der Waals surface area contributed by atoms with Gasteiger partial charge in [-0.1, -0.05) is 29.8 Å². The van der Waals surface area contributed by atoms with Gasteiger partial charge in [-0.25, -0.2) is 4.98 Å². The molecule has 1 saturated heterocycles. The van der Waals surface area contributed by atoms with Crippen LogP contribution >= 0.6 is 0 Å². The van der Waals surface area contributed by atoms with Gasteiger partial charge in [0, 0.05) is 18.7 Å². The number of nitrogens with one attached hydrogen (secondary N) is 1. The molecule has 82 valence electrons. The zero-order valence-electron chi connectivity index (χ0n) is 9.23. The maximum Gasteiger partial charge on any atom is 0.200 e. The summed E-state index contributed by atoms with van der Waals surface area (Å²) in [7, 11) is 0. The normalized spacial score (nSPS) is 16.1. The van der Waals surface area contributed by atoms with Crippen molar-refractivity contribution in [2.75, 3.05) is 13.1 Å². The summed E-state index contributed by atoms with van der Waals surface area (Å²) in [6, 6.07) is 8.34. The number of aryl methyl sites for hydroxylation is 1. The van der Waals surface area contributed by atoms with Gasteiger partial charge in [0.2, 0.25) is 0 Å². The lowest BCUT2D eigenvalue weighted by atomic mass is 10.0. The Bertz CT molecular complexity index is 483.